The van der Waals surface area contributed by atoms with E-state index < -0.39 is 15.9 Å². The highest BCUT2D eigenvalue weighted by molar-refractivity contribution is 7.91. The molecule has 9 heteroatoms. The Bertz CT molecular complexity index is 894. The second-order valence-electron chi connectivity index (χ2n) is 5.42. The van der Waals surface area contributed by atoms with Gasteiger partial charge in [-0.2, -0.15) is 4.31 Å². The zero-order valence-corrected chi connectivity index (χ0v) is 15.5. The van der Waals surface area contributed by atoms with Crippen molar-refractivity contribution < 1.29 is 22.7 Å². The third-order valence-electron chi connectivity index (χ3n) is 3.57. The van der Waals surface area contributed by atoms with Crippen LogP contribution in [0.2, 0.25) is 0 Å². The van der Waals surface area contributed by atoms with Crippen LogP contribution in [0.1, 0.15) is 0 Å². The van der Waals surface area contributed by atoms with Crippen LogP contribution in [0.3, 0.4) is 0 Å². The Balaban J connectivity index is 1.71. The van der Waals surface area contributed by atoms with Gasteiger partial charge in [-0.3, -0.25) is 4.79 Å². The molecule has 2 heterocycles. The van der Waals surface area contributed by atoms with Gasteiger partial charge in [0, 0.05) is 18.3 Å². The summed E-state index contributed by atoms with van der Waals surface area (Å²) in [6.07, 6.45) is 1.45. The number of nitrogens with zero attached hydrogens (tertiary/aromatic N) is 1. The summed E-state index contributed by atoms with van der Waals surface area (Å²) in [5.41, 5.74) is 0.506. The lowest BCUT2D eigenvalue weighted by atomic mass is 10.2. The number of nitrogens with one attached hydrogen (secondary N) is 1. The lowest BCUT2D eigenvalue weighted by molar-refractivity contribution is -0.116. The molecule has 0 bridgehead atoms. The maximum absolute atomic E-state index is 12.6. The van der Waals surface area contributed by atoms with E-state index in [1.54, 1.807) is 29.6 Å². The normalized spacial score (nSPS) is 13.4. The molecule has 26 heavy (non-hydrogen) atoms. The van der Waals surface area contributed by atoms with Gasteiger partial charge < -0.3 is 14.8 Å². The number of hydrogen-bond donors (Lipinski definition) is 1. The molecule has 2 aromatic rings. The molecule has 0 atom stereocenters. The third-order valence-corrected chi connectivity index (χ3v) is 6.75. The summed E-state index contributed by atoms with van der Waals surface area (Å²) in [5.74, 6) is 0.703. The van der Waals surface area contributed by atoms with E-state index in [0.717, 1.165) is 15.6 Å². The predicted octanol–water partition coefficient (Wildman–Crippen LogP) is 2.33. The first-order valence-corrected chi connectivity index (χ1v) is 10.2. The van der Waals surface area contributed by atoms with Crippen LogP contribution in [0.25, 0.3) is 0 Å². The fourth-order valence-electron chi connectivity index (χ4n) is 2.41. The maximum Gasteiger partial charge on any atom is 0.253 e. The second-order valence-corrected chi connectivity index (χ2v) is 8.54. The second kappa shape index (κ2) is 7.90. The van der Waals surface area contributed by atoms with Crippen molar-refractivity contribution in [3.8, 4) is 11.5 Å². The van der Waals surface area contributed by atoms with Crippen molar-refractivity contribution in [1.82, 2.24) is 4.31 Å². The fraction of sp³-hybridized carbons (Fsp3) is 0.235. The molecule has 1 aliphatic rings. The largest absolute Gasteiger partial charge is 0.486 e. The number of hydrogen-bond acceptors (Lipinski definition) is 6. The smallest absolute Gasteiger partial charge is 0.253 e. The number of rotatable bonds is 7. The molecule has 0 saturated heterocycles. The lowest BCUT2D eigenvalue weighted by Gasteiger charge is -2.21. The van der Waals surface area contributed by atoms with E-state index in [4.69, 9.17) is 9.47 Å². The summed E-state index contributed by atoms with van der Waals surface area (Å²) in [5, 5.41) is 4.36. The van der Waals surface area contributed by atoms with Crippen LogP contribution in [0.5, 0.6) is 11.5 Å². The number of carbonyl (C=O) groups excluding carboxylic acids is 1. The predicted molar refractivity (Wildman–Crippen MR) is 99.3 cm³/mol. The zero-order chi connectivity index (χ0) is 18.6. The van der Waals surface area contributed by atoms with Crippen molar-refractivity contribution in [3.05, 3.63) is 48.4 Å². The standard InChI is InChI=1S/C17H18N2O5S2/c1-2-7-19(26(21,22)17-4-3-10-25-17)12-16(20)18-13-5-6-14-15(11-13)24-9-8-23-14/h2-6,10-11H,1,7-9,12H2,(H,18,20). The summed E-state index contributed by atoms with van der Waals surface area (Å²) < 4.78 is 37.4. The summed E-state index contributed by atoms with van der Waals surface area (Å²) in [6, 6.07) is 8.19. The van der Waals surface area contributed by atoms with Gasteiger partial charge >= 0.3 is 0 Å². The number of benzene rings is 1. The van der Waals surface area contributed by atoms with E-state index in [1.807, 2.05) is 0 Å². The van der Waals surface area contributed by atoms with Gasteiger partial charge in [0.15, 0.2) is 11.5 Å². The molecule has 7 nitrogen and oxygen atoms in total. The van der Waals surface area contributed by atoms with Crippen LogP contribution in [0, 0.1) is 0 Å². The van der Waals surface area contributed by atoms with Crippen molar-refractivity contribution in [1.29, 1.82) is 0 Å². The van der Waals surface area contributed by atoms with Crippen molar-refractivity contribution in [2.24, 2.45) is 0 Å². The third kappa shape index (κ3) is 4.06. The van der Waals surface area contributed by atoms with Crippen LogP contribution < -0.4 is 14.8 Å². The Morgan fingerprint density at radius 1 is 1.27 bits per heavy atom. The highest BCUT2D eigenvalue weighted by Crippen LogP contribution is 2.32. The van der Waals surface area contributed by atoms with Gasteiger partial charge in [0.25, 0.3) is 10.0 Å². The summed E-state index contributed by atoms with van der Waals surface area (Å²) in [6.45, 7) is 4.21. The Labute approximate surface area is 155 Å². The average molecular weight is 394 g/mol. The van der Waals surface area contributed by atoms with Gasteiger partial charge in [-0.1, -0.05) is 12.1 Å². The highest BCUT2D eigenvalue weighted by Gasteiger charge is 2.26. The molecule has 0 aliphatic carbocycles. The van der Waals surface area contributed by atoms with Crippen molar-refractivity contribution in [2.45, 2.75) is 4.21 Å². The van der Waals surface area contributed by atoms with Gasteiger partial charge in [0.2, 0.25) is 5.91 Å². The topological polar surface area (TPSA) is 84.9 Å². The van der Waals surface area contributed by atoms with Crippen LogP contribution in [0.15, 0.2) is 52.6 Å². The van der Waals surface area contributed by atoms with Gasteiger partial charge in [0.05, 0.1) is 6.54 Å². The zero-order valence-electron chi connectivity index (χ0n) is 13.9. The van der Waals surface area contributed by atoms with E-state index in [-0.39, 0.29) is 17.3 Å². The number of carbonyl (C=O) groups is 1. The molecule has 0 saturated carbocycles. The molecule has 1 N–H and O–H groups in total. The minimum absolute atomic E-state index is 0.0365. The molecule has 3 rings (SSSR count). The molecule has 1 aromatic carbocycles. The number of anilines is 1. The van der Waals surface area contributed by atoms with E-state index in [0.29, 0.717) is 30.4 Å². The molecule has 0 radical (unpaired) electrons. The molecule has 1 aromatic heterocycles. The Morgan fingerprint density at radius 2 is 2.04 bits per heavy atom. The first-order valence-electron chi connectivity index (χ1n) is 7.85. The van der Waals surface area contributed by atoms with Crippen LogP contribution in [-0.2, 0) is 14.8 Å². The van der Waals surface area contributed by atoms with Gasteiger partial charge in [-0.15, -0.1) is 17.9 Å². The van der Waals surface area contributed by atoms with E-state index in [2.05, 4.69) is 11.9 Å². The van der Waals surface area contributed by atoms with E-state index in [1.165, 1.54) is 12.1 Å². The average Bonchev–Trinajstić information content (AvgIpc) is 3.17. The van der Waals surface area contributed by atoms with Crippen LogP contribution >= 0.6 is 11.3 Å². The van der Waals surface area contributed by atoms with Crippen molar-refractivity contribution in [2.75, 3.05) is 31.6 Å². The number of thiophene rings is 1. The monoisotopic (exact) mass is 394 g/mol. The number of ether oxygens (including phenoxy) is 2. The first-order chi connectivity index (χ1) is 12.5. The molecule has 0 spiro atoms. The number of fused-ring (bicyclic) bond motifs is 1. The van der Waals surface area contributed by atoms with Gasteiger partial charge in [-0.05, 0) is 23.6 Å². The van der Waals surface area contributed by atoms with Crippen LogP contribution in [0.4, 0.5) is 5.69 Å². The molecule has 0 fully saturated rings. The molecule has 138 valence electrons. The van der Waals surface area contributed by atoms with E-state index >= 15 is 0 Å². The molecule has 0 unspecified atom stereocenters. The minimum atomic E-state index is -3.75. The number of amides is 1. The first kappa shape index (κ1) is 18.4. The van der Waals surface area contributed by atoms with Crippen molar-refractivity contribution in [3.63, 3.8) is 0 Å². The minimum Gasteiger partial charge on any atom is -0.486 e. The highest BCUT2D eigenvalue weighted by atomic mass is 32.2. The molecule has 1 amide bonds. The maximum atomic E-state index is 12.6. The molecular weight excluding hydrogens is 376 g/mol. The SMILES string of the molecule is C=CCN(CC(=O)Nc1ccc2c(c1)OCCO2)S(=O)(=O)c1cccs1. The summed E-state index contributed by atoms with van der Waals surface area (Å²) in [4.78, 5) is 12.4. The van der Waals surface area contributed by atoms with Gasteiger partial charge in [0.1, 0.15) is 17.4 Å². The fourth-order valence-corrected chi connectivity index (χ4v) is 4.92. The Hall–Kier alpha value is -2.36. The van der Waals surface area contributed by atoms with Gasteiger partial charge in [-0.25, -0.2) is 8.42 Å². The van der Waals surface area contributed by atoms with Crippen molar-refractivity contribution >= 4 is 33.0 Å². The van der Waals surface area contributed by atoms with E-state index in [9.17, 15) is 13.2 Å². The van der Waals surface area contributed by atoms with Crippen LogP contribution in [-0.4, -0.2) is 44.9 Å². The Morgan fingerprint density at radius 3 is 2.73 bits per heavy atom. The number of sulfonamides is 1. The molecule has 1 aliphatic heterocycles. The summed E-state index contributed by atoms with van der Waals surface area (Å²) >= 11 is 1.10. The molecular formula is C17H18N2O5S2. The quantitative estimate of drug-likeness (QED) is 0.729. The lowest BCUT2D eigenvalue weighted by Crippen LogP contribution is -2.37. The Kier molecular flexibility index (Phi) is 5.60. The summed E-state index contributed by atoms with van der Waals surface area (Å²) in [7, 11) is -3.75.